The summed E-state index contributed by atoms with van der Waals surface area (Å²) in [5.41, 5.74) is 2.29. The van der Waals surface area contributed by atoms with Gasteiger partial charge in [0.15, 0.2) is 12.0 Å². The Morgan fingerprint density at radius 2 is 1.88 bits per heavy atom. The third-order valence-corrected chi connectivity index (χ3v) is 5.19. The zero-order valence-corrected chi connectivity index (χ0v) is 14.3. The summed E-state index contributed by atoms with van der Waals surface area (Å²) in [6, 6.07) is 15.5. The van der Waals surface area contributed by atoms with Crippen molar-refractivity contribution in [2.75, 3.05) is 0 Å². The van der Waals surface area contributed by atoms with E-state index in [0.717, 1.165) is 17.1 Å². The van der Waals surface area contributed by atoms with Crippen molar-refractivity contribution >= 4 is 44.7 Å². The van der Waals surface area contributed by atoms with E-state index in [9.17, 15) is 4.79 Å². The van der Waals surface area contributed by atoms with Crippen LogP contribution in [0.3, 0.4) is 0 Å². The summed E-state index contributed by atoms with van der Waals surface area (Å²) >= 11 is 1.69. The number of allylic oxidation sites excluding steroid dienone is 1. The predicted molar refractivity (Wildman–Crippen MR) is 104 cm³/mol. The molecule has 25 heavy (non-hydrogen) atoms. The molecule has 2 heterocycles. The van der Waals surface area contributed by atoms with E-state index in [-0.39, 0.29) is 5.43 Å². The van der Waals surface area contributed by atoms with Gasteiger partial charge < -0.3 is 4.42 Å². The van der Waals surface area contributed by atoms with Crippen LogP contribution in [0.1, 0.15) is 10.6 Å². The summed E-state index contributed by atoms with van der Waals surface area (Å²) in [5.74, 6) is 0. The maximum atomic E-state index is 12.6. The number of hydrogen-bond acceptors (Lipinski definition) is 3. The lowest BCUT2D eigenvalue weighted by molar-refractivity contribution is -0.658. The first-order valence-electron chi connectivity index (χ1n) is 7.99. The molecule has 3 nitrogen and oxygen atoms in total. The molecule has 0 atom stereocenters. The van der Waals surface area contributed by atoms with Crippen LogP contribution in [0.2, 0.25) is 0 Å². The third kappa shape index (κ3) is 2.81. The van der Waals surface area contributed by atoms with Gasteiger partial charge in [0.1, 0.15) is 16.5 Å². The van der Waals surface area contributed by atoms with Crippen LogP contribution >= 0.6 is 11.3 Å². The molecule has 0 fully saturated rings. The van der Waals surface area contributed by atoms with E-state index in [1.165, 1.54) is 11.0 Å². The molecule has 0 bridgehead atoms. The van der Waals surface area contributed by atoms with Crippen LogP contribution in [-0.2, 0) is 6.54 Å². The average Bonchev–Trinajstić information content (AvgIpc) is 3.00. The maximum Gasteiger partial charge on any atom is 0.263 e. The van der Waals surface area contributed by atoms with Gasteiger partial charge in [-0.15, -0.1) is 0 Å². The summed E-state index contributed by atoms with van der Waals surface area (Å²) in [6.45, 7) is 4.56. The normalized spacial score (nSPS) is 11.5. The monoisotopic (exact) mass is 346 g/mol. The van der Waals surface area contributed by atoms with Crippen molar-refractivity contribution in [2.24, 2.45) is 0 Å². The maximum absolute atomic E-state index is 12.6. The van der Waals surface area contributed by atoms with E-state index in [1.54, 1.807) is 23.5 Å². The number of aromatic nitrogens is 1. The topological polar surface area (TPSA) is 34.1 Å². The summed E-state index contributed by atoms with van der Waals surface area (Å²) < 4.78 is 8.97. The van der Waals surface area contributed by atoms with Crippen molar-refractivity contribution in [3.05, 3.63) is 88.2 Å². The standard InChI is InChI=1S/C21H16NO2S/c1-2-13-22-17-8-4-6-10-19(17)25-20(22)12-11-15-14-24-18-9-5-3-7-16(18)21(15)23/h2-12,14H,1,13H2/q+1. The predicted octanol–water partition coefficient (Wildman–Crippen LogP) is 4.65. The molecule has 0 aliphatic carbocycles. The summed E-state index contributed by atoms with van der Waals surface area (Å²) in [4.78, 5) is 12.6. The molecule has 0 radical (unpaired) electrons. The van der Waals surface area contributed by atoms with Gasteiger partial charge in [-0.2, -0.15) is 4.57 Å². The lowest BCUT2D eigenvalue weighted by atomic mass is 10.1. The van der Waals surface area contributed by atoms with E-state index in [0.29, 0.717) is 16.5 Å². The molecule has 4 aromatic rings. The fourth-order valence-corrected chi connectivity index (χ4v) is 3.94. The third-order valence-electron chi connectivity index (χ3n) is 4.06. The zero-order valence-electron chi connectivity index (χ0n) is 13.5. The summed E-state index contributed by atoms with van der Waals surface area (Å²) in [5, 5.41) is 1.66. The number of benzene rings is 2. The van der Waals surface area contributed by atoms with Gasteiger partial charge in [0.2, 0.25) is 5.52 Å². The number of thiazole rings is 1. The molecule has 2 aromatic carbocycles. The number of nitrogens with zero attached hydrogens (tertiary/aromatic N) is 1. The number of fused-ring (bicyclic) bond motifs is 2. The Kier molecular flexibility index (Phi) is 4.04. The minimum Gasteiger partial charge on any atom is -0.463 e. The molecule has 0 saturated heterocycles. The lowest BCUT2D eigenvalue weighted by Crippen LogP contribution is -2.33. The molecule has 4 heteroatoms. The number of hydrogen-bond donors (Lipinski definition) is 0. The highest BCUT2D eigenvalue weighted by Crippen LogP contribution is 2.22. The second-order valence-electron chi connectivity index (χ2n) is 5.66. The molecule has 0 amide bonds. The van der Waals surface area contributed by atoms with Crippen molar-refractivity contribution in [3.8, 4) is 0 Å². The Labute approximate surface area is 148 Å². The van der Waals surface area contributed by atoms with Crippen molar-refractivity contribution in [2.45, 2.75) is 6.54 Å². The first-order chi connectivity index (χ1) is 12.3. The smallest absolute Gasteiger partial charge is 0.263 e. The molecular weight excluding hydrogens is 330 g/mol. The molecule has 4 rings (SSSR count). The molecule has 0 aliphatic heterocycles. The zero-order chi connectivity index (χ0) is 17.2. The van der Waals surface area contributed by atoms with E-state index >= 15 is 0 Å². The van der Waals surface area contributed by atoms with Gasteiger partial charge in [-0.05, 0) is 30.4 Å². The molecule has 2 aromatic heterocycles. The van der Waals surface area contributed by atoms with Crippen molar-refractivity contribution in [1.29, 1.82) is 0 Å². The fraction of sp³-hybridized carbons (Fsp3) is 0.0476. The molecule has 0 unspecified atom stereocenters. The van der Waals surface area contributed by atoms with Gasteiger partial charge in [-0.1, -0.05) is 42.2 Å². The van der Waals surface area contributed by atoms with Crippen molar-refractivity contribution in [3.63, 3.8) is 0 Å². The molecule has 0 N–H and O–H groups in total. The molecule has 0 spiro atoms. The van der Waals surface area contributed by atoms with Crippen LogP contribution in [-0.4, -0.2) is 0 Å². The van der Waals surface area contributed by atoms with Crippen LogP contribution in [0.4, 0.5) is 0 Å². The molecule has 0 aliphatic rings. The van der Waals surface area contributed by atoms with Crippen LogP contribution in [0.15, 0.2) is 76.7 Å². The summed E-state index contributed by atoms with van der Waals surface area (Å²) in [6.07, 6.45) is 7.19. The first kappa shape index (κ1) is 15.5. The fourth-order valence-electron chi connectivity index (χ4n) is 2.86. The molecule has 122 valence electrons. The highest BCUT2D eigenvalue weighted by molar-refractivity contribution is 7.18. The lowest BCUT2D eigenvalue weighted by Gasteiger charge is -1.97. The van der Waals surface area contributed by atoms with Crippen LogP contribution in [0, 0.1) is 0 Å². The van der Waals surface area contributed by atoms with Gasteiger partial charge in [0, 0.05) is 12.1 Å². The number of para-hydroxylation sites is 2. The second kappa shape index (κ2) is 6.49. The average molecular weight is 346 g/mol. The van der Waals surface area contributed by atoms with Crippen LogP contribution < -0.4 is 10.00 Å². The minimum atomic E-state index is -0.0190. The highest BCUT2D eigenvalue weighted by atomic mass is 32.1. The Morgan fingerprint density at radius 1 is 1.08 bits per heavy atom. The van der Waals surface area contributed by atoms with Crippen LogP contribution in [0.25, 0.3) is 33.3 Å². The van der Waals surface area contributed by atoms with Gasteiger partial charge >= 0.3 is 0 Å². The Bertz CT molecular complexity index is 1170. The van der Waals surface area contributed by atoms with E-state index < -0.39 is 0 Å². The van der Waals surface area contributed by atoms with Gasteiger partial charge in [0.25, 0.3) is 5.01 Å². The SMILES string of the molecule is C=CC[n+]1c(C=Cc2coc3ccccc3c2=O)sc2ccccc21. The van der Waals surface area contributed by atoms with Crippen LogP contribution in [0.5, 0.6) is 0 Å². The first-order valence-corrected chi connectivity index (χ1v) is 8.80. The molecular formula is C21H16NO2S+. The van der Waals surface area contributed by atoms with E-state index in [1.807, 2.05) is 42.5 Å². The Hall–Kier alpha value is -2.98. The number of rotatable bonds is 4. The minimum absolute atomic E-state index is 0.0190. The highest BCUT2D eigenvalue weighted by Gasteiger charge is 2.16. The van der Waals surface area contributed by atoms with Gasteiger partial charge in [0.05, 0.1) is 10.9 Å². The quantitative estimate of drug-likeness (QED) is 0.398. The van der Waals surface area contributed by atoms with Gasteiger partial charge in [-0.25, -0.2) is 0 Å². The summed E-state index contributed by atoms with van der Waals surface area (Å²) in [7, 11) is 0. The van der Waals surface area contributed by atoms with E-state index in [4.69, 9.17) is 4.42 Å². The van der Waals surface area contributed by atoms with Crippen molar-refractivity contribution in [1.82, 2.24) is 0 Å². The van der Waals surface area contributed by atoms with E-state index in [2.05, 4.69) is 23.3 Å². The Morgan fingerprint density at radius 3 is 2.76 bits per heavy atom. The van der Waals surface area contributed by atoms with Crippen molar-refractivity contribution < 1.29 is 8.98 Å². The largest absolute Gasteiger partial charge is 0.463 e. The Balaban J connectivity index is 1.81. The van der Waals surface area contributed by atoms with Gasteiger partial charge in [-0.3, -0.25) is 4.79 Å². The second-order valence-corrected chi connectivity index (χ2v) is 6.72. The molecule has 0 saturated carbocycles.